The molecule has 0 saturated carbocycles. The molecule has 1 aromatic heterocycles. The molecule has 0 atom stereocenters. The van der Waals surface area contributed by atoms with E-state index in [-0.39, 0.29) is 11.7 Å². The highest BCUT2D eigenvalue weighted by Gasteiger charge is 2.22. The Labute approximate surface area is 134 Å². The Balaban J connectivity index is 1.67. The lowest BCUT2D eigenvalue weighted by molar-refractivity contribution is 0.0690. The molecule has 23 heavy (non-hydrogen) atoms. The van der Waals surface area contributed by atoms with Gasteiger partial charge in [0.1, 0.15) is 5.82 Å². The molecule has 1 saturated heterocycles. The van der Waals surface area contributed by atoms with Gasteiger partial charge in [0.2, 0.25) is 0 Å². The van der Waals surface area contributed by atoms with Crippen LogP contribution in [0.15, 0.2) is 36.4 Å². The van der Waals surface area contributed by atoms with Gasteiger partial charge < -0.3 is 10.2 Å². The van der Waals surface area contributed by atoms with Gasteiger partial charge in [-0.25, -0.2) is 4.39 Å². The van der Waals surface area contributed by atoms with Crippen molar-refractivity contribution in [1.29, 1.82) is 0 Å². The van der Waals surface area contributed by atoms with E-state index >= 15 is 0 Å². The van der Waals surface area contributed by atoms with E-state index in [1.807, 2.05) is 4.90 Å². The van der Waals surface area contributed by atoms with Gasteiger partial charge >= 0.3 is 0 Å². The van der Waals surface area contributed by atoms with E-state index in [4.69, 9.17) is 0 Å². The number of hydrogen-bond acceptors (Lipinski definition) is 4. The summed E-state index contributed by atoms with van der Waals surface area (Å²) in [5, 5.41) is 10.8. The number of rotatable bonds is 3. The molecule has 120 valence electrons. The summed E-state index contributed by atoms with van der Waals surface area (Å²) in [7, 11) is 0. The smallest absolute Gasteiger partial charge is 0.274 e. The van der Waals surface area contributed by atoms with Crippen molar-refractivity contribution in [3.8, 4) is 0 Å². The van der Waals surface area contributed by atoms with Crippen molar-refractivity contribution < 1.29 is 9.18 Å². The van der Waals surface area contributed by atoms with Crippen molar-refractivity contribution in [2.45, 2.75) is 19.8 Å². The summed E-state index contributed by atoms with van der Waals surface area (Å²) in [5.74, 6) is 0.607. The molecule has 1 N–H and O–H groups in total. The first kappa shape index (κ1) is 15.4. The van der Waals surface area contributed by atoms with Crippen LogP contribution in [-0.4, -0.2) is 34.1 Å². The molecule has 6 heteroatoms. The lowest BCUT2D eigenvalue weighted by atomic mass is 9.99. The number of piperidine rings is 1. The highest BCUT2D eigenvalue weighted by Crippen LogP contribution is 2.19. The number of carbonyl (C=O) groups excluding carboxylic acids is 1. The van der Waals surface area contributed by atoms with Crippen LogP contribution in [0, 0.1) is 11.7 Å². The Morgan fingerprint density at radius 2 is 1.91 bits per heavy atom. The summed E-state index contributed by atoms with van der Waals surface area (Å²) < 4.78 is 13.6. The fourth-order valence-electron chi connectivity index (χ4n) is 2.59. The minimum atomic E-state index is -0.364. The minimum Gasteiger partial charge on any atom is -0.337 e. The zero-order valence-corrected chi connectivity index (χ0v) is 13.0. The third kappa shape index (κ3) is 3.64. The second-order valence-electron chi connectivity index (χ2n) is 5.88. The molecule has 0 unspecified atom stereocenters. The number of anilines is 2. The molecule has 0 radical (unpaired) electrons. The van der Waals surface area contributed by atoms with Crippen LogP contribution in [-0.2, 0) is 0 Å². The highest BCUT2D eigenvalue weighted by molar-refractivity contribution is 5.92. The molecule has 1 aromatic carbocycles. The fraction of sp³-hybridized carbons (Fsp3) is 0.353. The summed E-state index contributed by atoms with van der Waals surface area (Å²) in [4.78, 5) is 14.2. The number of halogens is 1. The fourth-order valence-corrected chi connectivity index (χ4v) is 2.59. The second kappa shape index (κ2) is 6.73. The molecule has 1 fully saturated rings. The van der Waals surface area contributed by atoms with E-state index in [1.54, 1.807) is 30.3 Å². The predicted molar refractivity (Wildman–Crippen MR) is 86.0 cm³/mol. The first-order valence-electron chi connectivity index (χ1n) is 7.78. The number of amides is 1. The van der Waals surface area contributed by atoms with E-state index in [0.29, 0.717) is 23.1 Å². The van der Waals surface area contributed by atoms with Crippen molar-refractivity contribution in [2.24, 2.45) is 5.92 Å². The maximum Gasteiger partial charge on any atom is 0.274 e. The van der Waals surface area contributed by atoms with Crippen LogP contribution in [0.4, 0.5) is 15.9 Å². The van der Waals surface area contributed by atoms with Gasteiger partial charge in [-0.15, -0.1) is 10.2 Å². The molecular weight excluding hydrogens is 295 g/mol. The number of para-hydroxylation sites is 1. The molecule has 1 aliphatic rings. The first-order valence-corrected chi connectivity index (χ1v) is 7.78. The first-order chi connectivity index (χ1) is 11.1. The molecule has 0 bridgehead atoms. The summed E-state index contributed by atoms with van der Waals surface area (Å²) in [5.41, 5.74) is 0.643. The molecular formula is C17H19FN4O. The lowest BCUT2D eigenvalue weighted by Gasteiger charge is -2.29. The Morgan fingerprint density at radius 3 is 2.57 bits per heavy atom. The van der Waals surface area contributed by atoms with Crippen LogP contribution in [0.2, 0.25) is 0 Å². The monoisotopic (exact) mass is 314 g/mol. The van der Waals surface area contributed by atoms with Gasteiger partial charge in [0, 0.05) is 13.1 Å². The summed E-state index contributed by atoms with van der Waals surface area (Å²) in [6, 6.07) is 9.59. The number of likely N-dealkylation sites (tertiary alicyclic amines) is 1. The van der Waals surface area contributed by atoms with Gasteiger partial charge in [-0.05, 0) is 43.0 Å². The average Bonchev–Trinajstić information content (AvgIpc) is 2.58. The maximum absolute atomic E-state index is 13.6. The van der Waals surface area contributed by atoms with Crippen LogP contribution in [0.5, 0.6) is 0 Å². The van der Waals surface area contributed by atoms with E-state index in [1.165, 1.54) is 6.07 Å². The molecule has 3 rings (SSSR count). The predicted octanol–water partition coefficient (Wildman–Crippen LogP) is 3.23. The third-order valence-corrected chi connectivity index (χ3v) is 4.09. The zero-order valence-electron chi connectivity index (χ0n) is 13.0. The topological polar surface area (TPSA) is 58.1 Å². The van der Waals surface area contributed by atoms with Gasteiger partial charge in [-0.1, -0.05) is 19.1 Å². The zero-order chi connectivity index (χ0) is 16.2. The van der Waals surface area contributed by atoms with E-state index in [0.717, 1.165) is 25.9 Å². The van der Waals surface area contributed by atoms with Crippen LogP contribution in [0.1, 0.15) is 30.3 Å². The van der Waals surface area contributed by atoms with Gasteiger partial charge in [-0.2, -0.15) is 0 Å². The Morgan fingerprint density at radius 1 is 1.17 bits per heavy atom. The number of aromatic nitrogens is 2. The molecule has 2 aromatic rings. The quantitative estimate of drug-likeness (QED) is 0.945. The van der Waals surface area contributed by atoms with Crippen molar-refractivity contribution in [2.75, 3.05) is 18.4 Å². The van der Waals surface area contributed by atoms with E-state index in [9.17, 15) is 9.18 Å². The SMILES string of the molecule is CC1CCN(C(=O)c2ccc(Nc3ccccc3F)nn2)CC1. The number of nitrogens with zero attached hydrogens (tertiary/aromatic N) is 3. The molecule has 5 nitrogen and oxygen atoms in total. The number of hydrogen-bond donors (Lipinski definition) is 1. The van der Waals surface area contributed by atoms with Gasteiger partial charge in [0.05, 0.1) is 5.69 Å². The van der Waals surface area contributed by atoms with Crippen molar-refractivity contribution >= 4 is 17.4 Å². The molecule has 1 amide bonds. The maximum atomic E-state index is 13.6. The summed E-state index contributed by atoms with van der Waals surface area (Å²) >= 11 is 0. The van der Waals surface area contributed by atoms with Crippen molar-refractivity contribution in [3.63, 3.8) is 0 Å². The normalized spacial score (nSPS) is 15.5. The Hall–Kier alpha value is -2.50. The number of nitrogens with one attached hydrogen (secondary N) is 1. The van der Waals surface area contributed by atoms with Gasteiger partial charge in [0.15, 0.2) is 11.5 Å². The second-order valence-corrected chi connectivity index (χ2v) is 5.88. The third-order valence-electron chi connectivity index (χ3n) is 4.09. The van der Waals surface area contributed by atoms with Crippen LogP contribution >= 0.6 is 0 Å². The average molecular weight is 314 g/mol. The number of carbonyl (C=O) groups is 1. The Kier molecular flexibility index (Phi) is 4.50. The van der Waals surface area contributed by atoms with Gasteiger partial charge in [-0.3, -0.25) is 4.79 Å². The van der Waals surface area contributed by atoms with Crippen LogP contribution < -0.4 is 5.32 Å². The van der Waals surface area contributed by atoms with Crippen LogP contribution in [0.3, 0.4) is 0 Å². The number of benzene rings is 1. The van der Waals surface area contributed by atoms with Crippen molar-refractivity contribution in [3.05, 3.63) is 47.9 Å². The largest absolute Gasteiger partial charge is 0.337 e. The summed E-state index contributed by atoms with van der Waals surface area (Å²) in [6.07, 6.45) is 2.04. The molecule has 1 aliphatic heterocycles. The Bertz CT molecular complexity index is 681. The lowest BCUT2D eigenvalue weighted by Crippen LogP contribution is -2.38. The van der Waals surface area contributed by atoms with E-state index < -0.39 is 0 Å². The molecule has 2 heterocycles. The van der Waals surface area contributed by atoms with Gasteiger partial charge in [0.25, 0.3) is 5.91 Å². The molecule has 0 aliphatic carbocycles. The minimum absolute atomic E-state index is 0.0955. The molecule has 0 spiro atoms. The van der Waals surface area contributed by atoms with Crippen molar-refractivity contribution in [1.82, 2.24) is 15.1 Å². The summed E-state index contributed by atoms with van der Waals surface area (Å²) in [6.45, 7) is 3.72. The highest BCUT2D eigenvalue weighted by atomic mass is 19.1. The standard InChI is InChI=1S/C17H19FN4O/c1-12-8-10-22(11-9-12)17(23)15-6-7-16(21-20-15)19-14-5-3-2-4-13(14)18/h2-7,12H,8-11H2,1H3,(H,19,21). The van der Waals surface area contributed by atoms with E-state index in [2.05, 4.69) is 22.4 Å². The van der Waals surface area contributed by atoms with Crippen LogP contribution in [0.25, 0.3) is 0 Å².